The lowest BCUT2D eigenvalue weighted by Gasteiger charge is -2.56. The lowest BCUT2D eigenvalue weighted by Crippen LogP contribution is -2.71. The van der Waals surface area contributed by atoms with Gasteiger partial charge in [0.05, 0.1) is 16.2 Å². The Bertz CT molecular complexity index is 1270. The summed E-state index contributed by atoms with van der Waals surface area (Å²) in [6, 6.07) is 5.85. The predicted octanol–water partition coefficient (Wildman–Crippen LogP) is 4.17. The number of aryl methyl sites for hydroxylation is 2. The second-order valence-corrected chi connectivity index (χ2v) is 11.4. The Morgan fingerprint density at radius 3 is 2.44 bits per heavy atom. The minimum atomic E-state index is -0.573. The van der Waals surface area contributed by atoms with Gasteiger partial charge in [0.25, 0.3) is 0 Å². The Morgan fingerprint density at radius 2 is 1.88 bits per heavy atom. The van der Waals surface area contributed by atoms with Crippen molar-refractivity contribution in [3.05, 3.63) is 40.3 Å². The standard InChI is InChI=1S/C26H34ClN5O2/c1-16-21(17(2)30(6)29-16)22-19(27)8-7-18-11-20(24(33)34-25(3,4)5)32(23(18)22)10-9-31-14-26(15-31)12-28-13-26/h7-8,11,28H,9-10,12-15H2,1-6H3. The first-order valence-corrected chi connectivity index (χ1v) is 12.3. The average Bonchev–Trinajstić information content (AvgIpc) is 3.16. The number of nitrogens with one attached hydrogen (secondary N) is 1. The third-order valence-electron chi connectivity index (χ3n) is 7.14. The van der Waals surface area contributed by atoms with E-state index in [0.717, 1.165) is 66.1 Å². The molecular weight excluding hydrogens is 450 g/mol. The van der Waals surface area contributed by atoms with E-state index in [1.165, 1.54) is 0 Å². The van der Waals surface area contributed by atoms with Gasteiger partial charge in [-0.15, -0.1) is 0 Å². The highest BCUT2D eigenvalue weighted by molar-refractivity contribution is 6.35. The van der Waals surface area contributed by atoms with Gasteiger partial charge in [-0.2, -0.15) is 5.10 Å². The number of hydrogen-bond donors (Lipinski definition) is 1. The first kappa shape index (κ1) is 23.4. The van der Waals surface area contributed by atoms with Gasteiger partial charge in [0.15, 0.2) is 0 Å². The molecule has 5 rings (SSSR count). The maximum atomic E-state index is 13.3. The molecule has 0 aliphatic carbocycles. The molecule has 2 aromatic heterocycles. The van der Waals surface area contributed by atoms with Crippen LogP contribution in [0.2, 0.25) is 5.02 Å². The molecule has 0 atom stereocenters. The summed E-state index contributed by atoms with van der Waals surface area (Å²) in [5.41, 5.74) is 5.34. The highest BCUT2D eigenvalue weighted by Gasteiger charge is 2.47. The van der Waals surface area contributed by atoms with E-state index in [0.29, 0.717) is 22.7 Å². The maximum Gasteiger partial charge on any atom is 0.355 e. The fourth-order valence-electron chi connectivity index (χ4n) is 5.44. The Kier molecular flexibility index (Phi) is 5.58. The molecule has 3 aromatic rings. The van der Waals surface area contributed by atoms with Gasteiger partial charge in [0.2, 0.25) is 0 Å². The fourth-order valence-corrected chi connectivity index (χ4v) is 5.69. The quantitative estimate of drug-likeness (QED) is 0.552. The summed E-state index contributed by atoms with van der Waals surface area (Å²) in [6.45, 7) is 15.7. The summed E-state index contributed by atoms with van der Waals surface area (Å²) in [5.74, 6) is -0.311. The molecule has 7 nitrogen and oxygen atoms in total. The SMILES string of the molecule is Cc1nn(C)c(C)c1-c1c(Cl)ccc2cc(C(=O)OC(C)(C)C)n(CCN3CC4(CNC4)C3)c12. The number of hydrogen-bond acceptors (Lipinski definition) is 5. The molecule has 2 fully saturated rings. The van der Waals surface area contributed by atoms with Crippen molar-refractivity contribution in [1.82, 2.24) is 24.6 Å². The molecule has 0 unspecified atom stereocenters. The molecule has 1 aromatic carbocycles. The molecule has 0 amide bonds. The number of rotatable bonds is 5. The van der Waals surface area contributed by atoms with Crippen LogP contribution in [0.4, 0.5) is 0 Å². The molecule has 0 bridgehead atoms. The smallest absolute Gasteiger partial charge is 0.355 e. The summed E-state index contributed by atoms with van der Waals surface area (Å²) < 4.78 is 9.79. The van der Waals surface area contributed by atoms with E-state index >= 15 is 0 Å². The van der Waals surface area contributed by atoms with E-state index in [9.17, 15) is 4.79 Å². The predicted molar refractivity (Wildman–Crippen MR) is 136 cm³/mol. The number of likely N-dealkylation sites (tertiary alicyclic amines) is 1. The van der Waals surface area contributed by atoms with Crippen molar-refractivity contribution in [1.29, 1.82) is 0 Å². The molecule has 0 saturated carbocycles. The van der Waals surface area contributed by atoms with Crippen molar-refractivity contribution in [3.8, 4) is 11.1 Å². The third kappa shape index (κ3) is 3.93. The number of fused-ring (bicyclic) bond motifs is 1. The highest BCUT2D eigenvalue weighted by atomic mass is 35.5. The van der Waals surface area contributed by atoms with Crippen molar-refractivity contribution < 1.29 is 9.53 Å². The molecule has 2 saturated heterocycles. The third-order valence-corrected chi connectivity index (χ3v) is 7.45. The van der Waals surface area contributed by atoms with Crippen molar-refractivity contribution >= 4 is 28.5 Å². The van der Waals surface area contributed by atoms with Crippen molar-refractivity contribution in [3.63, 3.8) is 0 Å². The van der Waals surface area contributed by atoms with Gasteiger partial charge >= 0.3 is 5.97 Å². The van der Waals surface area contributed by atoms with Crippen molar-refractivity contribution in [2.45, 2.75) is 46.8 Å². The lowest BCUT2D eigenvalue weighted by molar-refractivity contribution is -0.0406. The molecule has 2 aliphatic heterocycles. The van der Waals surface area contributed by atoms with Crippen LogP contribution >= 0.6 is 11.6 Å². The zero-order valence-electron chi connectivity index (χ0n) is 21.0. The highest BCUT2D eigenvalue weighted by Crippen LogP contribution is 2.40. The molecule has 34 heavy (non-hydrogen) atoms. The largest absolute Gasteiger partial charge is 0.455 e. The number of nitrogens with zero attached hydrogens (tertiary/aromatic N) is 4. The summed E-state index contributed by atoms with van der Waals surface area (Å²) in [5, 5.41) is 9.65. The van der Waals surface area contributed by atoms with Crippen molar-refractivity contribution in [2.75, 3.05) is 32.7 Å². The number of benzene rings is 1. The van der Waals surface area contributed by atoms with Gasteiger partial charge in [-0.1, -0.05) is 17.7 Å². The summed E-state index contributed by atoms with van der Waals surface area (Å²) >= 11 is 6.84. The topological polar surface area (TPSA) is 64.3 Å². The van der Waals surface area contributed by atoms with Crippen molar-refractivity contribution in [2.24, 2.45) is 12.5 Å². The van der Waals surface area contributed by atoms with Gasteiger partial charge in [-0.25, -0.2) is 4.79 Å². The van der Waals surface area contributed by atoms with E-state index in [2.05, 4.69) is 26.8 Å². The zero-order chi connectivity index (χ0) is 24.4. The zero-order valence-corrected chi connectivity index (χ0v) is 21.7. The molecule has 1 spiro atoms. The lowest BCUT2D eigenvalue weighted by atomic mass is 9.74. The van der Waals surface area contributed by atoms with Crippen LogP contribution in [0.5, 0.6) is 0 Å². The normalized spacial score (nSPS) is 17.7. The number of esters is 1. The molecule has 2 aliphatic rings. The second-order valence-electron chi connectivity index (χ2n) is 11.0. The van der Waals surface area contributed by atoms with E-state index in [-0.39, 0.29) is 5.97 Å². The van der Waals surface area contributed by atoms with Crippen LogP contribution in [0, 0.1) is 19.3 Å². The van der Waals surface area contributed by atoms with Gasteiger partial charge < -0.3 is 19.5 Å². The van der Waals surface area contributed by atoms with Crippen LogP contribution in [-0.2, 0) is 18.3 Å². The van der Waals surface area contributed by atoms with Crippen LogP contribution < -0.4 is 5.32 Å². The number of aromatic nitrogens is 3. The molecular formula is C26H34ClN5O2. The van der Waals surface area contributed by atoms with Crippen LogP contribution in [0.25, 0.3) is 22.0 Å². The second kappa shape index (κ2) is 8.11. The molecule has 182 valence electrons. The van der Waals surface area contributed by atoms with Crippen LogP contribution in [0.1, 0.15) is 42.6 Å². The maximum absolute atomic E-state index is 13.3. The van der Waals surface area contributed by atoms with Gasteiger partial charge in [-0.3, -0.25) is 4.68 Å². The van der Waals surface area contributed by atoms with Crippen LogP contribution in [0.3, 0.4) is 0 Å². The summed E-state index contributed by atoms with van der Waals surface area (Å²) in [4.78, 5) is 15.8. The fraction of sp³-hybridized carbons (Fsp3) is 0.538. The summed E-state index contributed by atoms with van der Waals surface area (Å²) in [6.07, 6.45) is 0. The van der Waals surface area contributed by atoms with Crippen LogP contribution in [0.15, 0.2) is 18.2 Å². The Hall–Kier alpha value is -2.35. The number of ether oxygens (including phenoxy) is 1. The summed E-state index contributed by atoms with van der Waals surface area (Å²) in [7, 11) is 1.94. The molecule has 1 N–H and O–H groups in total. The number of carbonyl (C=O) groups is 1. The monoisotopic (exact) mass is 483 g/mol. The molecule has 0 radical (unpaired) electrons. The van der Waals surface area contributed by atoms with Crippen LogP contribution in [-0.4, -0.2) is 63.5 Å². The number of carbonyl (C=O) groups excluding carboxylic acids is 1. The van der Waals surface area contributed by atoms with E-state index in [1.807, 2.05) is 57.6 Å². The van der Waals surface area contributed by atoms with Gasteiger partial charge in [0, 0.05) is 73.9 Å². The van der Waals surface area contributed by atoms with E-state index in [1.54, 1.807) is 0 Å². The van der Waals surface area contributed by atoms with E-state index in [4.69, 9.17) is 16.3 Å². The minimum absolute atomic E-state index is 0.311. The molecule has 4 heterocycles. The first-order valence-electron chi connectivity index (χ1n) is 12.0. The first-order chi connectivity index (χ1) is 16.0. The average molecular weight is 484 g/mol. The molecule has 8 heteroatoms. The minimum Gasteiger partial charge on any atom is -0.455 e. The Balaban J connectivity index is 1.61. The number of halogens is 1. The van der Waals surface area contributed by atoms with Gasteiger partial charge in [0.1, 0.15) is 11.3 Å². The Morgan fingerprint density at radius 1 is 1.18 bits per heavy atom. The van der Waals surface area contributed by atoms with Gasteiger partial charge in [-0.05, 0) is 46.8 Å². The van der Waals surface area contributed by atoms with E-state index < -0.39 is 5.60 Å². The Labute approximate surface area is 206 Å².